The van der Waals surface area contributed by atoms with Crippen molar-refractivity contribution in [3.05, 3.63) is 0 Å². The van der Waals surface area contributed by atoms with Crippen molar-refractivity contribution < 1.29 is 9.31 Å². The Morgan fingerprint density at radius 2 is 1.95 bits per heavy atom. The van der Waals surface area contributed by atoms with Crippen LogP contribution in [0.5, 0.6) is 0 Å². The van der Waals surface area contributed by atoms with E-state index in [4.69, 9.17) is 20.9 Å². The topological polar surface area (TPSA) is 18.5 Å². The molecule has 0 aromatic rings. The van der Waals surface area contributed by atoms with E-state index in [1.807, 2.05) is 0 Å². The van der Waals surface area contributed by atoms with Crippen LogP contribution < -0.4 is 0 Å². The Balaban J connectivity index is 1.74. The van der Waals surface area contributed by atoms with E-state index in [1.165, 1.54) is 6.42 Å². The van der Waals surface area contributed by atoms with Crippen LogP contribution in [-0.4, -0.2) is 24.1 Å². The van der Waals surface area contributed by atoms with Gasteiger partial charge in [0.1, 0.15) is 0 Å². The maximum Gasteiger partial charge on any atom is 0.476 e. The Bertz CT molecular complexity index is 373. The summed E-state index contributed by atoms with van der Waals surface area (Å²) >= 11 is 6.49. The SMILES string of the molecule is CC(C)CC(Cl)B1O[C@@H]2CC3CC(C3(C)C)C2(C)O1. The van der Waals surface area contributed by atoms with Gasteiger partial charge in [0.2, 0.25) is 0 Å². The van der Waals surface area contributed by atoms with Gasteiger partial charge < -0.3 is 9.31 Å². The van der Waals surface area contributed by atoms with Gasteiger partial charge in [-0.05, 0) is 49.4 Å². The summed E-state index contributed by atoms with van der Waals surface area (Å²) in [6.45, 7) is 11.4. The molecular weight excluding hydrogens is 258 g/mol. The van der Waals surface area contributed by atoms with Crippen molar-refractivity contribution in [2.75, 3.05) is 0 Å². The molecule has 3 saturated carbocycles. The molecule has 19 heavy (non-hydrogen) atoms. The van der Waals surface area contributed by atoms with Gasteiger partial charge in [-0.2, -0.15) is 0 Å². The van der Waals surface area contributed by atoms with Crippen molar-refractivity contribution in [1.29, 1.82) is 0 Å². The molecule has 3 aliphatic carbocycles. The van der Waals surface area contributed by atoms with Crippen LogP contribution in [0.4, 0.5) is 0 Å². The summed E-state index contributed by atoms with van der Waals surface area (Å²) in [5.74, 6) is 2.00. The molecule has 0 radical (unpaired) electrons. The number of rotatable bonds is 3. The van der Waals surface area contributed by atoms with Crippen LogP contribution in [0.15, 0.2) is 0 Å². The van der Waals surface area contributed by atoms with Gasteiger partial charge in [-0.25, -0.2) is 0 Å². The Morgan fingerprint density at radius 3 is 2.53 bits per heavy atom. The van der Waals surface area contributed by atoms with E-state index in [1.54, 1.807) is 0 Å². The minimum Gasteiger partial charge on any atom is -0.404 e. The molecule has 1 saturated heterocycles. The molecule has 0 aromatic carbocycles. The normalized spacial score (nSPS) is 45.0. The van der Waals surface area contributed by atoms with Crippen LogP contribution in [0.25, 0.3) is 0 Å². The predicted molar refractivity (Wildman–Crippen MR) is 79.2 cm³/mol. The first-order valence-corrected chi connectivity index (χ1v) is 8.16. The molecule has 4 aliphatic rings. The summed E-state index contributed by atoms with van der Waals surface area (Å²) in [4.78, 5) is 0. The third-order valence-electron chi connectivity index (χ3n) is 5.96. The highest BCUT2D eigenvalue weighted by Gasteiger charge is 2.68. The van der Waals surface area contributed by atoms with Gasteiger partial charge in [-0.1, -0.05) is 27.7 Å². The summed E-state index contributed by atoms with van der Waals surface area (Å²) in [5, 5.41) is -0.0252. The van der Waals surface area contributed by atoms with Crippen LogP contribution in [0.3, 0.4) is 0 Å². The number of hydrogen-bond acceptors (Lipinski definition) is 2. The molecule has 2 bridgehead atoms. The quantitative estimate of drug-likeness (QED) is 0.578. The van der Waals surface area contributed by atoms with Gasteiger partial charge in [0.25, 0.3) is 0 Å². The molecule has 4 unspecified atom stereocenters. The maximum atomic E-state index is 6.49. The van der Waals surface area contributed by atoms with Crippen LogP contribution in [0.1, 0.15) is 53.9 Å². The molecule has 1 heterocycles. The molecule has 0 spiro atoms. The summed E-state index contributed by atoms with van der Waals surface area (Å²) in [5.41, 5.74) is 0.288. The summed E-state index contributed by atoms with van der Waals surface area (Å²) in [6, 6.07) is 0. The zero-order valence-corrected chi connectivity index (χ0v) is 13.5. The van der Waals surface area contributed by atoms with E-state index in [0.29, 0.717) is 17.3 Å². The second-order valence-corrected chi connectivity index (χ2v) is 8.54. The fourth-order valence-corrected chi connectivity index (χ4v) is 5.08. The molecule has 4 fully saturated rings. The summed E-state index contributed by atoms with van der Waals surface area (Å²) in [6.07, 6.45) is 3.64. The lowest BCUT2D eigenvalue weighted by Crippen LogP contribution is -2.65. The molecule has 2 nitrogen and oxygen atoms in total. The van der Waals surface area contributed by atoms with Crippen LogP contribution in [0.2, 0.25) is 0 Å². The lowest BCUT2D eigenvalue weighted by atomic mass is 9.43. The smallest absolute Gasteiger partial charge is 0.404 e. The van der Waals surface area contributed by atoms with Crippen LogP contribution in [-0.2, 0) is 9.31 Å². The summed E-state index contributed by atoms with van der Waals surface area (Å²) < 4.78 is 12.5. The molecule has 4 heteroatoms. The Hall–Kier alpha value is 0.275. The molecule has 4 rings (SSSR count). The molecule has 108 valence electrons. The van der Waals surface area contributed by atoms with Crippen LogP contribution >= 0.6 is 11.6 Å². The van der Waals surface area contributed by atoms with Gasteiger partial charge in [-0.15, -0.1) is 11.6 Å². The van der Waals surface area contributed by atoms with Crippen molar-refractivity contribution in [1.82, 2.24) is 0 Å². The highest BCUT2D eigenvalue weighted by atomic mass is 35.5. The zero-order chi connectivity index (χ0) is 14.0. The van der Waals surface area contributed by atoms with E-state index < -0.39 is 0 Å². The van der Waals surface area contributed by atoms with Crippen molar-refractivity contribution in [2.24, 2.45) is 23.2 Å². The minimum absolute atomic E-state index is 0.0252. The lowest BCUT2D eigenvalue weighted by Gasteiger charge is -2.64. The predicted octanol–water partition coefficient (Wildman–Crippen LogP) is 3.91. The largest absolute Gasteiger partial charge is 0.476 e. The van der Waals surface area contributed by atoms with Gasteiger partial charge in [-0.3, -0.25) is 0 Å². The zero-order valence-electron chi connectivity index (χ0n) is 12.8. The maximum absolute atomic E-state index is 6.49. The van der Waals surface area contributed by atoms with Gasteiger partial charge in [0.05, 0.1) is 17.0 Å². The van der Waals surface area contributed by atoms with E-state index >= 15 is 0 Å². The Labute approximate surface area is 122 Å². The van der Waals surface area contributed by atoms with E-state index in [2.05, 4.69) is 34.6 Å². The lowest BCUT2D eigenvalue weighted by molar-refractivity contribution is -0.199. The minimum atomic E-state index is -0.214. The number of hydrogen-bond donors (Lipinski definition) is 0. The van der Waals surface area contributed by atoms with Gasteiger partial charge >= 0.3 is 7.12 Å². The highest BCUT2D eigenvalue weighted by Crippen LogP contribution is 2.65. The van der Waals surface area contributed by atoms with Crippen molar-refractivity contribution >= 4 is 18.7 Å². The van der Waals surface area contributed by atoms with Crippen molar-refractivity contribution in [3.63, 3.8) is 0 Å². The van der Waals surface area contributed by atoms with Crippen LogP contribution in [0, 0.1) is 23.2 Å². The van der Waals surface area contributed by atoms with Gasteiger partial charge in [0.15, 0.2) is 0 Å². The molecule has 0 aromatic heterocycles. The monoisotopic (exact) mass is 284 g/mol. The fraction of sp³-hybridized carbons (Fsp3) is 1.00. The fourth-order valence-electron chi connectivity index (χ4n) is 4.61. The first kappa shape index (κ1) is 14.2. The molecule has 0 N–H and O–H groups in total. The third kappa shape index (κ3) is 1.99. The second kappa shape index (κ2) is 4.38. The number of alkyl halides is 1. The first-order valence-electron chi connectivity index (χ1n) is 7.72. The highest BCUT2D eigenvalue weighted by molar-refractivity contribution is 6.59. The van der Waals surface area contributed by atoms with E-state index in [9.17, 15) is 0 Å². The molecular formula is C15H26BClO2. The second-order valence-electron chi connectivity index (χ2n) is 7.98. The van der Waals surface area contributed by atoms with Crippen molar-refractivity contribution in [3.8, 4) is 0 Å². The Kier molecular flexibility index (Phi) is 3.28. The van der Waals surface area contributed by atoms with Crippen molar-refractivity contribution in [2.45, 2.75) is 70.9 Å². The number of halogens is 1. The third-order valence-corrected chi connectivity index (χ3v) is 6.34. The Morgan fingerprint density at radius 1 is 1.26 bits per heavy atom. The van der Waals surface area contributed by atoms with Gasteiger partial charge in [0, 0.05) is 0 Å². The first-order chi connectivity index (χ1) is 8.75. The van der Waals surface area contributed by atoms with E-state index in [0.717, 1.165) is 18.8 Å². The summed E-state index contributed by atoms with van der Waals surface area (Å²) in [7, 11) is -0.214. The average molecular weight is 285 g/mol. The molecule has 1 aliphatic heterocycles. The standard InChI is InChI=1S/C15H26BClO2/c1-9(2)6-13(17)16-18-12-8-10-7-11(14(10,3)4)15(12,5)19-16/h9-13H,6-8H2,1-5H3/t10?,11?,12-,13?,15?/m1/s1. The molecule has 5 atom stereocenters. The molecule has 0 amide bonds. The average Bonchev–Trinajstić information content (AvgIpc) is 2.64. The van der Waals surface area contributed by atoms with E-state index in [-0.39, 0.29) is 24.1 Å².